The van der Waals surface area contributed by atoms with E-state index in [0.29, 0.717) is 28.9 Å². The van der Waals surface area contributed by atoms with Crippen LogP contribution in [0.3, 0.4) is 0 Å². The van der Waals surface area contributed by atoms with E-state index in [1.807, 2.05) is 13.8 Å². The van der Waals surface area contributed by atoms with Crippen LogP contribution in [-0.2, 0) is 19.1 Å². The number of hydrogen-bond acceptors (Lipinski definition) is 6. The third-order valence-electron chi connectivity index (χ3n) is 3.99. The van der Waals surface area contributed by atoms with E-state index in [9.17, 15) is 19.5 Å². The van der Waals surface area contributed by atoms with Crippen LogP contribution in [0.5, 0.6) is 5.75 Å². The molecule has 0 aromatic heterocycles. The molecule has 1 aliphatic heterocycles. The van der Waals surface area contributed by atoms with Crippen LogP contribution in [0, 0.1) is 5.92 Å². The van der Waals surface area contributed by atoms with Crippen LogP contribution in [-0.4, -0.2) is 42.2 Å². The summed E-state index contributed by atoms with van der Waals surface area (Å²) in [7, 11) is 1.18. The minimum absolute atomic E-state index is 0.236. The summed E-state index contributed by atoms with van der Waals surface area (Å²) in [4.78, 5) is 35.5. The predicted octanol–water partition coefficient (Wildman–Crippen LogP) is 1.44. The van der Waals surface area contributed by atoms with E-state index in [-0.39, 0.29) is 11.8 Å². The molecule has 0 saturated heterocycles. The van der Waals surface area contributed by atoms with Crippen LogP contribution < -0.4 is 10.1 Å². The number of carbonyl (C=O) groups is 3. The van der Waals surface area contributed by atoms with Gasteiger partial charge in [-0.3, -0.25) is 14.9 Å². The van der Waals surface area contributed by atoms with E-state index < -0.39 is 24.1 Å². The molecule has 2 amide bonds. The van der Waals surface area contributed by atoms with Crippen LogP contribution >= 0.6 is 0 Å². The zero-order chi connectivity index (χ0) is 19.4. The Hall–Kier alpha value is -2.67. The predicted molar refractivity (Wildman–Crippen MR) is 94.1 cm³/mol. The van der Waals surface area contributed by atoms with Crippen LogP contribution in [0.1, 0.15) is 32.8 Å². The van der Waals surface area contributed by atoms with E-state index in [1.54, 1.807) is 31.2 Å². The second-order valence-corrected chi connectivity index (χ2v) is 6.55. The zero-order valence-electron chi connectivity index (χ0n) is 15.2. The van der Waals surface area contributed by atoms with Gasteiger partial charge in [0, 0.05) is 5.57 Å². The standard InChI is InChI=1S/C19H23NO6/c1-10(2)9-14-15(18(23)20-17(14)22)12-5-7-13(8-6-12)26-11(3)16(21)19(24)25-4/h5-8,10-11,16,21H,9H2,1-4H3,(H,20,22,23)/t11-,16+/m0/s1. The average molecular weight is 361 g/mol. The highest BCUT2D eigenvalue weighted by Gasteiger charge is 2.31. The van der Waals surface area contributed by atoms with Gasteiger partial charge >= 0.3 is 5.97 Å². The van der Waals surface area contributed by atoms with Gasteiger partial charge in [0.1, 0.15) is 11.9 Å². The molecule has 0 spiro atoms. The Morgan fingerprint density at radius 1 is 1.12 bits per heavy atom. The van der Waals surface area contributed by atoms with Gasteiger partial charge in [-0.15, -0.1) is 0 Å². The van der Waals surface area contributed by atoms with Crippen molar-refractivity contribution in [2.75, 3.05) is 7.11 Å². The molecule has 1 aromatic carbocycles. The SMILES string of the molecule is COC(=O)[C@H](O)[C@H](C)Oc1ccc(C2=C(CC(C)C)C(=O)NC2=O)cc1. The monoisotopic (exact) mass is 361 g/mol. The molecule has 0 saturated carbocycles. The van der Waals surface area contributed by atoms with Gasteiger partial charge in [-0.05, 0) is 37.0 Å². The van der Waals surface area contributed by atoms with Crippen molar-refractivity contribution in [3.05, 3.63) is 35.4 Å². The summed E-state index contributed by atoms with van der Waals surface area (Å²) in [5.41, 5.74) is 1.46. The molecule has 2 atom stereocenters. The van der Waals surface area contributed by atoms with E-state index >= 15 is 0 Å². The summed E-state index contributed by atoms with van der Waals surface area (Å²) in [5, 5.41) is 12.1. The maximum atomic E-state index is 12.1. The van der Waals surface area contributed by atoms with Crippen molar-refractivity contribution < 1.29 is 29.0 Å². The smallest absolute Gasteiger partial charge is 0.338 e. The Kier molecular flexibility index (Phi) is 6.15. The van der Waals surface area contributed by atoms with Crippen molar-refractivity contribution in [3.8, 4) is 5.75 Å². The molecule has 0 bridgehead atoms. The molecule has 7 nitrogen and oxygen atoms in total. The highest BCUT2D eigenvalue weighted by Crippen LogP contribution is 2.29. The van der Waals surface area contributed by atoms with Gasteiger partial charge in [0.05, 0.1) is 12.7 Å². The Morgan fingerprint density at radius 3 is 2.27 bits per heavy atom. The molecule has 1 heterocycles. The van der Waals surface area contributed by atoms with Crippen LogP contribution in [0.2, 0.25) is 0 Å². The van der Waals surface area contributed by atoms with Crippen molar-refractivity contribution in [1.29, 1.82) is 0 Å². The summed E-state index contributed by atoms with van der Waals surface area (Å²) in [6.07, 6.45) is -1.70. The number of imide groups is 1. The Morgan fingerprint density at radius 2 is 1.73 bits per heavy atom. The van der Waals surface area contributed by atoms with Crippen molar-refractivity contribution in [1.82, 2.24) is 5.32 Å². The molecule has 26 heavy (non-hydrogen) atoms. The number of aliphatic hydroxyl groups excluding tert-OH is 1. The van der Waals surface area contributed by atoms with Crippen LogP contribution in [0.25, 0.3) is 5.57 Å². The number of rotatable bonds is 7. The molecule has 0 aliphatic carbocycles. The van der Waals surface area contributed by atoms with Gasteiger partial charge in [0.15, 0.2) is 6.10 Å². The van der Waals surface area contributed by atoms with Crippen molar-refractivity contribution in [3.63, 3.8) is 0 Å². The van der Waals surface area contributed by atoms with Crippen molar-refractivity contribution >= 4 is 23.4 Å². The highest BCUT2D eigenvalue weighted by atomic mass is 16.6. The molecule has 1 aliphatic rings. The first kappa shape index (κ1) is 19.7. The minimum atomic E-state index is -1.40. The molecule has 0 unspecified atom stereocenters. The number of amides is 2. The fraction of sp³-hybridized carbons (Fsp3) is 0.421. The Balaban J connectivity index is 2.20. The first-order valence-corrected chi connectivity index (χ1v) is 8.36. The Bertz CT molecular complexity index is 735. The van der Waals surface area contributed by atoms with Crippen molar-refractivity contribution in [2.24, 2.45) is 5.92 Å². The number of carbonyl (C=O) groups excluding carboxylic acids is 3. The summed E-state index contributed by atoms with van der Waals surface area (Å²) in [5.74, 6) is -0.888. The maximum absolute atomic E-state index is 12.1. The van der Waals surface area contributed by atoms with Gasteiger partial charge < -0.3 is 14.6 Å². The topological polar surface area (TPSA) is 102 Å². The van der Waals surface area contributed by atoms with E-state index in [1.165, 1.54) is 7.11 Å². The minimum Gasteiger partial charge on any atom is -0.487 e. The van der Waals surface area contributed by atoms with Crippen molar-refractivity contribution in [2.45, 2.75) is 39.4 Å². The number of nitrogens with one attached hydrogen (secondary N) is 1. The number of ether oxygens (including phenoxy) is 2. The largest absolute Gasteiger partial charge is 0.487 e. The van der Waals surface area contributed by atoms with Crippen LogP contribution in [0.15, 0.2) is 29.8 Å². The van der Waals surface area contributed by atoms with E-state index in [2.05, 4.69) is 10.1 Å². The van der Waals surface area contributed by atoms with Gasteiger partial charge in [-0.2, -0.15) is 0 Å². The molecule has 0 fully saturated rings. The fourth-order valence-electron chi connectivity index (χ4n) is 2.69. The third-order valence-corrected chi connectivity index (χ3v) is 3.99. The lowest BCUT2D eigenvalue weighted by Crippen LogP contribution is -2.36. The lowest BCUT2D eigenvalue weighted by Gasteiger charge is -2.18. The lowest BCUT2D eigenvalue weighted by molar-refractivity contribution is -0.154. The number of hydrogen-bond donors (Lipinski definition) is 2. The van der Waals surface area contributed by atoms with E-state index in [0.717, 1.165) is 0 Å². The Labute approximate surface area is 152 Å². The molecule has 1 aromatic rings. The molecular weight excluding hydrogens is 338 g/mol. The second-order valence-electron chi connectivity index (χ2n) is 6.55. The first-order chi connectivity index (χ1) is 12.2. The zero-order valence-corrected chi connectivity index (χ0v) is 15.2. The van der Waals surface area contributed by atoms with Gasteiger partial charge in [0.25, 0.3) is 11.8 Å². The number of esters is 1. The molecule has 140 valence electrons. The molecule has 7 heteroatoms. The maximum Gasteiger partial charge on any atom is 0.338 e. The van der Waals surface area contributed by atoms with Crippen LogP contribution in [0.4, 0.5) is 0 Å². The average Bonchev–Trinajstić information content (AvgIpc) is 2.87. The summed E-state index contributed by atoms with van der Waals surface area (Å²) in [6.45, 7) is 5.50. The second kappa shape index (κ2) is 8.14. The molecule has 2 N–H and O–H groups in total. The number of benzene rings is 1. The number of methoxy groups -OCH3 is 1. The quantitative estimate of drug-likeness (QED) is 0.563. The molecule has 2 rings (SSSR count). The number of aliphatic hydroxyl groups is 1. The normalized spacial score (nSPS) is 16.5. The fourth-order valence-corrected chi connectivity index (χ4v) is 2.69. The van der Waals surface area contributed by atoms with E-state index in [4.69, 9.17) is 4.74 Å². The first-order valence-electron chi connectivity index (χ1n) is 8.36. The van der Waals surface area contributed by atoms with Gasteiger partial charge in [-0.1, -0.05) is 26.0 Å². The molecule has 0 radical (unpaired) electrons. The van der Waals surface area contributed by atoms with Gasteiger partial charge in [-0.25, -0.2) is 4.79 Å². The molecular formula is C19H23NO6. The third kappa shape index (κ3) is 4.29. The van der Waals surface area contributed by atoms with Gasteiger partial charge in [0.2, 0.25) is 0 Å². The highest BCUT2D eigenvalue weighted by molar-refractivity contribution is 6.35. The summed E-state index contributed by atoms with van der Waals surface area (Å²) >= 11 is 0. The summed E-state index contributed by atoms with van der Waals surface area (Å²) in [6, 6.07) is 6.57. The summed E-state index contributed by atoms with van der Waals surface area (Å²) < 4.78 is 9.99. The lowest BCUT2D eigenvalue weighted by atomic mass is 9.95.